The molecular weight excluding hydrogens is 256 g/mol. The van der Waals surface area contributed by atoms with Gasteiger partial charge in [-0.05, 0) is 49.0 Å². The quantitative estimate of drug-likeness (QED) is 0.864. The highest BCUT2D eigenvalue weighted by molar-refractivity contribution is 7.98. The lowest BCUT2D eigenvalue weighted by Crippen LogP contribution is -2.44. The molecule has 3 nitrogen and oxygen atoms in total. The molecule has 112 valence electrons. The molecule has 1 amide bonds. The van der Waals surface area contributed by atoms with Crippen molar-refractivity contribution in [3.63, 3.8) is 0 Å². The van der Waals surface area contributed by atoms with Crippen LogP contribution >= 0.6 is 11.8 Å². The van der Waals surface area contributed by atoms with E-state index in [0.29, 0.717) is 11.3 Å². The van der Waals surface area contributed by atoms with E-state index in [1.807, 2.05) is 4.90 Å². The van der Waals surface area contributed by atoms with Crippen LogP contribution in [0.5, 0.6) is 0 Å². The third kappa shape index (κ3) is 5.35. The van der Waals surface area contributed by atoms with E-state index in [2.05, 4.69) is 27.0 Å². The van der Waals surface area contributed by atoms with Gasteiger partial charge in [0.25, 0.3) is 0 Å². The van der Waals surface area contributed by atoms with Gasteiger partial charge < -0.3 is 10.6 Å². The molecule has 1 unspecified atom stereocenters. The summed E-state index contributed by atoms with van der Waals surface area (Å²) in [6, 6.07) is -0.307. The van der Waals surface area contributed by atoms with Crippen LogP contribution in [0.2, 0.25) is 0 Å². The molecular formula is C15H30N2OS. The number of carbonyl (C=O) groups is 1. The Labute approximate surface area is 122 Å². The van der Waals surface area contributed by atoms with Gasteiger partial charge in [-0.15, -0.1) is 0 Å². The van der Waals surface area contributed by atoms with Gasteiger partial charge in [0.2, 0.25) is 5.91 Å². The first-order valence-electron chi connectivity index (χ1n) is 7.39. The first-order chi connectivity index (χ1) is 8.86. The van der Waals surface area contributed by atoms with E-state index < -0.39 is 0 Å². The Morgan fingerprint density at radius 2 is 2.05 bits per heavy atom. The molecule has 0 aromatic carbocycles. The normalized spacial score (nSPS) is 23.0. The van der Waals surface area contributed by atoms with Crippen molar-refractivity contribution in [3.8, 4) is 0 Å². The molecule has 0 aromatic heterocycles. The molecule has 1 fully saturated rings. The van der Waals surface area contributed by atoms with Crippen LogP contribution in [0.15, 0.2) is 0 Å². The maximum atomic E-state index is 12.3. The lowest BCUT2D eigenvalue weighted by molar-refractivity contribution is -0.132. The third-order valence-corrected chi connectivity index (χ3v) is 4.86. The number of hydrogen-bond donors (Lipinski definition) is 1. The van der Waals surface area contributed by atoms with Crippen molar-refractivity contribution in [1.29, 1.82) is 0 Å². The van der Waals surface area contributed by atoms with Crippen LogP contribution in [0, 0.1) is 11.3 Å². The number of thioether (sulfide) groups is 1. The van der Waals surface area contributed by atoms with Crippen LogP contribution in [0.1, 0.15) is 46.5 Å². The Morgan fingerprint density at radius 3 is 2.63 bits per heavy atom. The van der Waals surface area contributed by atoms with Crippen LogP contribution in [0.25, 0.3) is 0 Å². The van der Waals surface area contributed by atoms with Gasteiger partial charge in [0.05, 0.1) is 6.04 Å². The first kappa shape index (κ1) is 16.8. The Morgan fingerprint density at radius 1 is 1.37 bits per heavy atom. The Bertz CT molecular complexity index is 288. The van der Waals surface area contributed by atoms with Crippen LogP contribution in [-0.4, -0.2) is 41.9 Å². The van der Waals surface area contributed by atoms with Gasteiger partial charge in [-0.1, -0.05) is 20.8 Å². The van der Waals surface area contributed by atoms with Gasteiger partial charge >= 0.3 is 0 Å². The molecule has 0 saturated carbocycles. The number of rotatable bonds is 4. The lowest BCUT2D eigenvalue weighted by atomic mass is 9.77. The molecule has 2 atom stereocenters. The van der Waals surface area contributed by atoms with Crippen molar-refractivity contribution in [2.75, 3.05) is 25.1 Å². The maximum Gasteiger partial charge on any atom is 0.239 e. The summed E-state index contributed by atoms with van der Waals surface area (Å²) >= 11 is 1.75. The van der Waals surface area contributed by atoms with E-state index in [1.54, 1.807) is 11.8 Å². The van der Waals surface area contributed by atoms with Crippen LogP contribution < -0.4 is 5.73 Å². The fraction of sp³-hybridized carbons (Fsp3) is 0.933. The zero-order chi connectivity index (χ0) is 14.5. The number of nitrogens with zero attached hydrogens (tertiary/aromatic N) is 1. The SMILES string of the molecule is CSCC[C@@H](N)C(=O)N1CCCC(C(C)(C)C)CC1. The summed E-state index contributed by atoms with van der Waals surface area (Å²) in [5.74, 6) is 1.84. The summed E-state index contributed by atoms with van der Waals surface area (Å²) < 4.78 is 0. The fourth-order valence-corrected chi connectivity index (χ4v) is 3.28. The van der Waals surface area contributed by atoms with Gasteiger partial charge in [-0.3, -0.25) is 4.79 Å². The van der Waals surface area contributed by atoms with Crippen molar-refractivity contribution in [2.45, 2.75) is 52.5 Å². The highest BCUT2D eigenvalue weighted by Gasteiger charge is 2.29. The topological polar surface area (TPSA) is 46.3 Å². The zero-order valence-electron chi connectivity index (χ0n) is 12.9. The van der Waals surface area contributed by atoms with Gasteiger partial charge in [0.15, 0.2) is 0 Å². The predicted molar refractivity (Wildman–Crippen MR) is 84.4 cm³/mol. The Hall–Kier alpha value is -0.220. The standard InChI is InChI=1S/C15H30N2OS/c1-15(2,3)12-6-5-9-17(10-7-12)14(18)13(16)8-11-19-4/h12-13H,5-11,16H2,1-4H3/t12?,13-/m1/s1. The zero-order valence-corrected chi connectivity index (χ0v) is 13.8. The fourth-order valence-electron chi connectivity index (χ4n) is 2.79. The van der Waals surface area contributed by atoms with Gasteiger partial charge in [0, 0.05) is 13.1 Å². The number of nitrogens with two attached hydrogens (primary N) is 1. The van der Waals surface area contributed by atoms with Crippen LogP contribution in [0.4, 0.5) is 0 Å². The Kier molecular flexibility index (Phi) is 6.67. The second kappa shape index (κ2) is 7.53. The minimum absolute atomic E-state index is 0.156. The summed E-state index contributed by atoms with van der Waals surface area (Å²) in [4.78, 5) is 14.3. The van der Waals surface area contributed by atoms with Gasteiger partial charge in [-0.2, -0.15) is 11.8 Å². The minimum Gasteiger partial charge on any atom is -0.341 e. The largest absolute Gasteiger partial charge is 0.341 e. The van der Waals surface area contributed by atoms with Crippen molar-refractivity contribution in [2.24, 2.45) is 17.1 Å². The third-order valence-electron chi connectivity index (χ3n) is 4.21. The molecule has 4 heteroatoms. The smallest absolute Gasteiger partial charge is 0.239 e. The minimum atomic E-state index is -0.307. The van der Waals surface area contributed by atoms with Crippen molar-refractivity contribution >= 4 is 17.7 Å². The molecule has 2 N–H and O–H groups in total. The number of amides is 1. The number of likely N-dealkylation sites (tertiary alicyclic amines) is 1. The molecule has 1 aliphatic rings. The molecule has 0 aliphatic carbocycles. The van der Waals surface area contributed by atoms with Gasteiger partial charge in [-0.25, -0.2) is 0 Å². The monoisotopic (exact) mass is 286 g/mol. The second-order valence-corrected chi connectivity index (χ2v) is 7.69. The molecule has 1 aliphatic heterocycles. The molecule has 0 bridgehead atoms. The van der Waals surface area contributed by atoms with Crippen molar-refractivity contribution in [3.05, 3.63) is 0 Å². The van der Waals surface area contributed by atoms with E-state index >= 15 is 0 Å². The van der Waals surface area contributed by atoms with Crippen LogP contribution in [-0.2, 0) is 4.79 Å². The summed E-state index contributed by atoms with van der Waals surface area (Å²) in [7, 11) is 0. The predicted octanol–water partition coefficient (Wildman–Crippen LogP) is 2.74. The molecule has 0 aromatic rings. The molecule has 19 heavy (non-hydrogen) atoms. The van der Waals surface area contributed by atoms with E-state index in [4.69, 9.17) is 5.73 Å². The van der Waals surface area contributed by atoms with E-state index in [9.17, 15) is 4.79 Å². The average Bonchev–Trinajstić information content (AvgIpc) is 2.60. The van der Waals surface area contributed by atoms with Crippen LogP contribution in [0.3, 0.4) is 0 Å². The van der Waals surface area contributed by atoms with Crippen molar-refractivity contribution in [1.82, 2.24) is 4.90 Å². The second-order valence-electron chi connectivity index (χ2n) is 6.71. The summed E-state index contributed by atoms with van der Waals surface area (Å²) in [5.41, 5.74) is 6.35. The lowest BCUT2D eigenvalue weighted by Gasteiger charge is -2.30. The summed E-state index contributed by atoms with van der Waals surface area (Å²) in [6.45, 7) is 8.68. The number of hydrogen-bond acceptors (Lipinski definition) is 3. The summed E-state index contributed by atoms with van der Waals surface area (Å²) in [5, 5.41) is 0. The highest BCUT2D eigenvalue weighted by atomic mass is 32.2. The maximum absolute atomic E-state index is 12.3. The Balaban J connectivity index is 2.50. The van der Waals surface area contributed by atoms with E-state index in [1.165, 1.54) is 6.42 Å². The number of carbonyl (C=O) groups excluding carboxylic acids is 1. The van der Waals surface area contributed by atoms with Gasteiger partial charge in [0.1, 0.15) is 0 Å². The molecule has 0 spiro atoms. The molecule has 1 heterocycles. The highest BCUT2D eigenvalue weighted by Crippen LogP contribution is 2.34. The first-order valence-corrected chi connectivity index (χ1v) is 8.79. The molecule has 0 radical (unpaired) electrons. The van der Waals surface area contributed by atoms with E-state index in [-0.39, 0.29) is 11.9 Å². The molecule has 1 saturated heterocycles. The average molecular weight is 286 g/mol. The molecule has 1 rings (SSSR count). The van der Waals surface area contributed by atoms with E-state index in [0.717, 1.165) is 38.1 Å². The van der Waals surface area contributed by atoms with Crippen molar-refractivity contribution < 1.29 is 4.79 Å². The summed E-state index contributed by atoms with van der Waals surface area (Å²) in [6.07, 6.45) is 6.30.